The van der Waals surface area contributed by atoms with Crippen LogP contribution in [0.2, 0.25) is 10.0 Å². The fourth-order valence-corrected chi connectivity index (χ4v) is 6.31. The van der Waals surface area contributed by atoms with Gasteiger partial charge >= 0.3 is 5.97 Å². The predicted octanol–water partition coefficient (Wildman–Crippen LogP) is 6.41. The topological polar surface area (TPSA) is 84.5 Å². The van der Waals surface area contributed by atoms with Crippen LogP contribution in [0.1, 0.15) is 39.9 Å². The van der Waals surface area contributed by atoms with Crippen LogP contribution in [-0.4, -0.2) is 21.5 Å². The third-order valence-electron chi connectivity index (χ3n) is 6.53. The van der Waals surface area contributed by atoms with Crippen LogP contribution in [0.4, 0.5) is 11.4 Å². The number of sulfonamides is 1. The number of hydrogen-bond donors (Lipinski definition) is 2. The second kappa shape index (κ2) is 9.22. The molecule has 0 aromatic heterocycles. The summed E-state index contributed by atoms with van der Waals surface area (Å²) in [5.74, 6) is -0.110. The zero-order valence-corrected chi connectivity index (χ0v) is 21.0. The van der Waals surface area contributed by atoms with Crippen molar-refractivity contribution in [1.82, 2.24) is 0 Å². The molecule has 1 aliphatic carbocycles. The summed E-state index contributed by atoms with van der Waals surface area (Å²) < 4.78 is 33.6. The summed E-state index contributed by atoms with van der Waals surface area (Å²) in [6.45, 7) is 0. The number of nitrogens with one attached hydrogen (secondary N) is 2. The normalized spacial score (nSPS) is 20.5. The van der Waals surface area contributed by atoms with Crippen molar-refractivity contribution in [2.24, 2.45) is 5.92 Å². The number of benzene rings is 3. The van der Waals surface area contributed by atoms with Gasteiger partial charge in [-0.15, -0.1) is 0 Å². The number of fused-ring (bicyclic) bond motifs is 3. The molecular weight excluding hydrogens is 507 g/mol. The first-order valence-corrected chi connectivity index (χ1v) is 13.2. The van der Waals surface area contributed by atoms with Crippen LogP contribution in [0.3, 0.4) is 0 Å². The van der Waals surface area contributed by atoms with Gasteiger partial charge in [-0.3, -0.25) is 4.72 Å². The molecule has 3 atom stereocenters. The van der Waals surface area contributed by atoms with Gasteiger partial charge < -0.3 is 10.1 Å². The average molecular weight is 529 g/mol. The third-order valence-corrected chi connectivity index (χ3v) is 8.71. The molecule has 5 rings (SSSR count). The van der Waals surface area contributed by atoms with Crippen molar-refractivity contribution in [2.75, 3.05) is 17.1 Å². The van der Waals surface area contributed by atoms with E-state index in [1.807, 2.05) is 12.1 Å². The largest absolute Gasteiger partial charge is 0.465 e. The van der Waals surface area contributed by atoms with Crippen molar-refractivity contribution in [1.29, 1.82) is 0 Å². The molecule has 1 aliphatic heterocycles. The van der Waals surface area contributed by atoms with E-state index in [1.54, 1.807) is 48.5 Å². The number of carbonyl (C=O) groups is 1. The first-order valence-electron chi connectivity index (χ1n) is 11.0. The SMILES string of the molecule is COC(=O)c1ccc([C@H]2Nc3ccc(S(=O)(=O)Nc4cccc(Cl)c4Cl)cc3[C@H]3C=CC[C@H]32)cc1. The van der Waals surface area contributed by atoms with E-state index >= 15 is 0 Å². The van der Waals surface area contributed by atoms with Crippen LogP contribution in [0.15, 0.2) is 77.7 Å². The smallest absolute Gasteiger partial charge is 0.337 e. The lowest BCUT2D eigenvalue weighted by molar-refractivity contribution is 0.0600. The van der Waals surface area contributed by atoms with Crippen molar-refractivity contribution in [2.45, 2.75) is 23.3 Å². The molecule has 0 spiro atoms. The van der Waals surface area contributed by atoms with E-state index in [4.69, 9.17) is 27.9 Å². The lowest BCUT2D eigenvalue weighted by Gasteiger charge is -2.37. The summed E-state index contributed by atoms with van der Waals surface area (Å²) in [6, 6.07) is 17.3. The summed E-state index contributed by atoms with van der Waals surface area (Å²) in [4.78, 5) is 11.9. The first-order chi connectivity index (χ1) is 16.8. The minimum absolute atomic E-state index is 0.0139. The Hall–Kier alpha value is -3.00. The van der Waals surface area contributed by atoms with Gasteiger partial charge in [0.2, 0.25) is 0 Å². The fraction of sp³-hybridized carbons (Fsp3) is 0.192. The molecule has 0 saturated heterocycles. The maximum atomic E-state index is 13.2. The predicted molar refractivity (Wildman–Crippen MR) is 138 cm³/mol. The molecule has 35 heavy (non-hydrogen) atoms. The lowest BCUT2D eigenvalue weighted by Crippen LogP contribution is -2.29. The molecular formula is C26H22Cl2N2O4S. The van der Waals surface area contributed by atoms with E-state index in [0.29, 0.717) is 5.56 Å². The number of hydrogen-bond acceptors (Lipinski definition) is 5. The van der Waals surface area contributed by atoms with Gasteiger partial charge in [0.1, 0.15) is 0 Å². The zero-order chi connectivity index (χ0) is 24.7. The third kappa shape index (κ3) is 4.40. The van der Waals surface area contributed by atoms with Crippen LogP contribution >= 0.6 is 23.2 Å². The van der Waals surface area contributed by atoms with Gasteiger partial charge in [0.05, 0.1) is 39.3 Å². The van der Waals surface area contributed by atoms with Gasteiger partial charge in [-0.2, -0.15) is 0 Å². The molecule has 180 valence electrons. The van der Waals surface area contributed by atoms with Crippen molar-refractivity contribution < 1.29 is 17.9 Å². The molecule has 3 aromatic rings. The Bertz CT molecular complexity index is 1440. The number of anilines is 2. The Morgan fingerprint density at radius 1 is 1.09 bits per heavy atom. The highest BCUT2D eigenvalue weighted by molar-refractivity contribution is 7.92. The first kappa shape index (κ1) is 23.7. The Morgan fingerprint density at radius 2 is 1.86 bits per heavy atom. The quantitative estimate of drug-likeness (QED) is 0.295. The number of methoxy groups -OCH3 is 1. The molecule has 2 aliphatic rings. The molecule has 9 heteroatoms. The highest BCUT2D eigenvalue weighted by atomic mass is 35.5. The lowest BCUT2D eigenvalue weighted by atomic mass is 9.77. The van der Waals surface area contributed by atoms with Crippen molar-refractivity contribution in [3.05, 3.63) is 99.6 Å². The molecule has 3 aromatic carbocycles. The molecule has 1 heterocycles. The van der Waals surface area contributed by atoms with Gasteiger partial charge in [-0.1, -0.05) is 53.6 Å². The van der Waals surface area contributed by atoms with Gasteiger partial charge in [0, 0.05) is 11.6 Å². The standard InChI is InChI=1S/C26H22Cl2N2O4S/c1-34-26(31)16-10-8-15(9-11-16)25-19-5-2-4-18(19)20-14-17(12-13-22(20)29-25)35(32,33)30-23-7-3-6-21(27)24(23)28/h2-4,6-14,18-19,25,29-30H,5H2,1H3/t18-,19+,25+/m0/s1. The summed E-state index contributed by atoms with van der Waals surface area (Å²) in [6.07, 6.45) is 5.12. The molecule has 2 N–H and O–H groups in total. The summed E-state index contributed by atoms with van der Waals surface area (Å²) in [7, 11) is -2.53. The van der Waals surface area contributed by atoms with Crippen LogP contribution < -0.4 is 10.0 Å². The van der Waals surface area contributed by atoms with Gasteiger partial charge in [-0.05, 0) is 65.9 Å². The number of allylic oxidation sites excluding steroid dienone is 2. The highest BCUT2D eigenvalue weighted by Gasteiger charge is 2.38. The minimum atomic E-state index is -3.88. The number of rotatable bonds is 5. The highest BCUT2D eigenvalue weighted by Crippen LogP contribution is 2.50. The summed E-state index contributed by atoms with van der Waals surface area (Å²) in [5, 5.41) is 4.00. The Balaban J connectivity index is 1.46. The number of ether oxygens (including phenoxy) is 1. The van der Waals surface area contributed by atoms with Crippen LogP contribution in [0.25, 0.3) is 0 Å². The number of esters is 1. The van der Waals surface area contributed by atoms with E-state index in [9.17, 15) is 13.2 Å². The molecule has 0 unspecified atom stereocenters. The van der Waals surface area contributed by atoms with Gasteiger partial charge in [-0.25, -0.2) is 13.2 Å². The van der Waals surface area contributed by atoms with Crippen molar-refractivity contribution in [3.8, 4) is 0 Å². The maximum absolute atomic E-state index is 13.2. The summed E-state index contributed by atoms with van der Waals surface area (Å²) >= 11 is 12.2. The van der Waals surface area contributed by atoms with E-state index in [2.05, 4.69) is 22.2 Å². The molecule has 0 bridgehead atoms. The van der Waals surface area contributed by atoms with E-state index in [0.717, 1.165) is 23.2 Å². The van der Waals surface area contributed by atoms with Crippen molar-refractivity contribution >= 4 is 50.6 Å². The second-order valence-corrected chi connectivity index (χ2v) is 11.0. The monoisotopic (exact) mass is 528 g/mol. The summed E-state index contributed by atoms with van der Waals surface area (Å²) in [5.41, 5.74) is 3.57. The van der Waals surface area contributed by atoms with Crippen molar-refractivity contribution in [3.63, 3.8) is 0 Å². The zero-order valence-electron chi connectivity index (χ0n) is 18.7. The Kier molecular flexibility index (Phi) is 6.25. The molecule has 0 amide bonds. The fourth-order valence-electron chi connectivity index (χ4n) is 4.80. The van der Waals surface area contributed by atoms with Crippen LogP contribution in [-0.2, 0) is 14.8 Å². The molecule has 6 nitrogen and oxygen atoms in total. The van der Waals surface area contributed by atoms with Crippen LogP contribution in [0.5, 0.6) is 0 Å². The van der Waals surface area contributed by atoms with E-state index in [1.165, 1.54) is 7.11 Å². The van der Waals surface area contributed by atoms with Gasteiger partial charge in [0.25, 0.3) is 10.0 Å². The average Bonchev–Trinajstić information content (AvgIpc) is 3.36. The van der Waals surface area contributed by atoms with Crippen LogP contribution in [0, 0.1) is 5.92 Å². The molecule has 0 fully saturated rings. The molecule has 0 saturated carbocycles. The number of carbonyl (C=O) groups excluding carboxylic acids is 1. The maximum Gasteiger partial charge on any atom is 0.337 e. The van der Waals surface area contributed by atoms with E-state index in [-0.39, 0.29) is 44.5 Å². The molecule has 0 radical (unpaired) electrons. The van der Waals surface area contributed by atoms with Gasteiger partial charge in [0.15, 0.2) is 0 Å². The Morgan fingerprint density at radius 3 is 2.60 bits per heavy atom. The second-order valence-electron chi connectivity index (χ2n) is 8.55. The van der Waals surface area contributed by atoms with E-state index < -0.39 is 10.0 Å². The minimum Gasteiger partial charge on any atom is -0.465 e. The Labute approximate surface area is 214 Å². The number of halogens is 2.